The molecule has 122 valence electrons. The lowest BCUT2D eigenvalue weighted by Crippen LogP contribution is -2.41. The van der Waals surface area contributed by atoms with Gasteiger partial charge in [-0.15, -0.1) is 0 Å². The molecule has 0 saturated carbocycles. The van der Waals surface area contributed by atoms with Crippen LogP contribution in [0, 0.1) is 0 Å². The molecule has 23 heavy (non-hydrogen) atoms. The molecule has 1 atom stereocenters. The largest absolute Gasteiger partial charge is 0.481 e. The monoisotopic (exact) mass is 337 g/mol. The highest BCUT2D eigenvalue weighted by Crippen LogP contribution is 2.23. The van der Waals surface area contributed by atoms with Gasteiger partial charge < -0.3 is 10.2 Å². The van der Waals surface area contributed by atoms with Crippen LogP contribution in [0.3, 0.4) is 0 Å². The zero-order chi connectivity index (χ0) is 17.0. The van der Waals surface area contributed by atoms with Gasteiger partial charge in [-0.3, -0.25) is 9.59 Å². The summed E-state index contributed by atoms with van der Waals surface area (Å²) in [5.74, 6) is -2.62. The van der Waals surface area contributed by atoms with E-state index in [0.29, 0.717) is 10.8 Å². The zero-order valence-electron chi connectivity index (χ0n) is 12.0. The molecule has 0 saturated heterocycles. The van der Waals surface area contributed by atoms with Crippen molar-refractivity contribution in [1.29, 1.82) is 0 Å². The van der Waals surface area contributed by atoms with E-state index in [1.54, 1.807) is 36.4 Å². The van der Waals surface area contributed by atoms with Crippen molar-refractivity contribution < 1.29 is 28.2 Å². The summed E-state index contributed by atoms with van der Waals surface area (Å²) in [6.07, 6.45) is -0.788. The molecule has 0 bridgehead atoms. The van der Waals surface area contributed by atoms with Crippen LogP contribution in [-0.2, 0) is 19.6 Å². The average Bonchev–Trinajstić information content (AvgIpc) is 2.50. The molecule has 2 rings (SSSR count). The number of fused-ring (bicyclic) bond motifs is 1. The third-order valence-electron chi connectivity index (χ3n) is 3.28. The maximum absolute atomic E-state index is 12.5. The van der Waals surface area contributed by atoms with Gasteiger partial charge in [0.25, 0.3) is 0 Å². The Balaban J connectivity index is 2.36. The maximum Gasteiger partial charge on any atom is 0.321 e. The SMILES string of the molecule is O=C(O)CCC(NS(=O)(=O)c1cccc2ccccc12)C(=O)O. The van der Waals surface area contributed by atoms with Gasteiger partial charge in [0, 0.05) is 11.8 Å². The van der Waals surface area contributed by atoms with E-state index < -0.39 is 34.4 Å². The predicted molar refractivity (Wildman–Crippen MR) is 82.6 cm³/mol. The van der Waals surface area contributed by atoms with Crippen LogP contribution in [0.15, 0.2) is 47.4 Å². The fourth-order valence-corrected chi connectivity index (χ4v) is 3.63. The Bertz CT molecular complexity index is 841. The molecule has 0 amide bonds. The molecule has 2 aromatic rings. The van der Waals surface area contributed by atoms with Crippen LogP contribution in [0.1, 0.15) is 12.8 Å². The summed E-state index contributed by atoms with van der Waals surface area (Å²) in [5, 5.41) is 18.9. The lowest BCUT2D eigenvalue weighted by Gasteiger charge is -2.15. The van der Waals surface area contributed by atoms with E-state index in [2.05, 4.69) is 4.72 Å². The van der Waals surface area contributed by atoms with E-state index in [1.165, 1.54) is 6.07 Å². The van der Waals surface area contributed by atoms with Gasteiger partial charge in [0.1, 0.15) is 6.04 Å². The van der Waals surface area contributed by atoms with Crippen molar-refractivity contribution in [3.05, 3.63) is 42.5 Å². The Morgan fingerprint density at radius 3 is 2.35 bits per heavy atom. The summed E-state index contributed by atoms with van der Waals surface area (Å²) in [5.41, 5.74) is 0. The van der Waals surface area contributed by atoms with Crippen molar-refractivity contribution in [1.82, 2.24) is 4.72 Å². The van der Waals surface area contributed by atoms with Crippen molar-refractivity contribution in [2.24, 2.45) is 0 Å². The summed E-state index contributed by atoms with van der Waals surface area (Å²) in [6, 6.07) is 9.98. The minimum Gasteiger partial charge on any atom is -0.481 e. The highest BCUT2D eigenvalue weighted by molar-refractivity contribution is 7.89. The van der Waals surface area contributed by atoms with Gasteiger partial charge >= 0.3 is 11.9 Å². The van der Waals surface area contributed by atoms with E-state index in [1.807, 2.05) is 0 Å². The standard InChI is InChI=1S/C15H15NO6S/c17-14(18)9-8-12(15(19)20)16-23(21,22)13-7-3-5-10-4-1-2-6-11(10)13/h1-7,12,16H,8-9H2,(H,17,18)(H,19,20). The lowest BCUT2D eigenvalue weighted by molar-refractivity contribution is -0.140. The van der Waals surface area contributed by atoms with E-state index in [9.17, 15) is 18.0 Å². The number of hydrogen-bond donors (Lipinski definition) is 3. The summed E-state index contributed by atoms with van der Waals surface area (Å²) >= 11 is 0. The minimum atomic E-state index is -4.10. The first-order valence-corrected chi connectivity index (χ1v) is 8.24. The van der Waals surface area contributed by atoms with Gasteiger partial charge in [-0.2, -0.15) is 4.72 Å². The number of hydrogen-bond acceptors (Lipinski definition) is 4. The second-order valence-corrected chi connectivity index (χ2v) is 6.60. The minimum absolute atomic E-state index is 0.0443. The Morgan fingerprint density at radius 1 is 1.04 bits per heavy atom. The van der Waals surface area contributed by atoms with Gasteiger partial charge in [-0.25, -0.2) is 8.42 Å². The van der Waals surface area contributed by atoms with Gasteiger partial charge in [-0.1, -0.05) is 36.4 Å². The van der Waals surface area contributed by atoms with Crippen LogP contribution in [-0.4, -0.2) is 36.6 Å². The first-order valence-electron chi connectivity index (χ1n) is 6.76. The molecule has 8 heteroatoms. The molecule has 0 heterocycles. The smallest absolute Gasteiger partial charge is 0.321 e. The number of sulfonamides is 1. The van der Waals surface area contributed by atoms with E-state index in [0.717, 1.165) is 0 Å². The number of aliphatic carboxylic acids is 2. The molecule has 0 aromatic heterocycles. The van der Waals surface area contributed by atoms with Gasteiger partial charge in [0.15, 0.2) is 0 Å². The second kappa shape index (κ2) is 6.76. The van der Waals surface area contributed by atoms with Gasteiger partial charge in [0.05, 0.1) is 4.90 Å². The normalized spacial score (nSPS) is 12.9. The summed E-state index contributed by atoms with van der Waals surface area (Å²) in [7, 11) is -4.10. The average molecular weight is 337 g/mol. The first-order chi connectivity index (χ1) is 10.8. The summed E-state index contributed by atoms with van der Waals surface area (Å²) in [4.78, 5) is 21.7. The molecule has 0 radical (unpaired) electrons. The topological polar surface area (TPSA) is 121 Å². The molecular weight excluding hydrogens is 322 g/mol. The number of nitrogens with one attached hydrogen (secondary N) is 1. The summed E-state index contributed by atoms with van der Waals surface area (Å²) < 4.78 is 27.0. The molecule has 0 spiro atoms. The third-order valence-corrected chi connectivity index (χ3v) is 4.81. The molecular formula is C15H15NO6S. The Hall–Kier alpha value is -2.45. The van der Waals surface area contributed by atoms with Gasteiger partial charge in [0.2, 0.25) is 10.0 Å². The Morgan fingerprint density at radius 2 is 1.70 bits per heavy atom. The fraction of sp³-hybridized carbons (Fsp3) is 0.200. The van der Waals surface area contributed by atoms with Crippen LogP contribution in [0.25, 0.3) is 10.8 Å². The van der Waals surface area contributed by atoms with E-state index in [-0.39, 0.29) is 11.3 Å². The number of carboxylic acids is 2. The van der Waals surface area contributed by atoms with E-state index in [4.69, 9.17) is 10.2 Å². The quantitative estimate of drug-likeness (QED) is 0.703. The van der Waals surface area contributed by atoms with Gasteiger partial charge in [-0.05, 0) is 17.9 Å². The zero-order valence-corrected chi connectivity index (χ0v) is 12.8. The van der Waals surface area contributed by atoms with Crippen LogP contribution in [0.4, 0.5) is 0 Å². The lowest BCUT2D eigenvalue weighted by atomic mass is 10.1. The van der Waals surface area contributed by atoms with Crippen molar-refractivity contribution >= 4 is 32.7 Å². The van der Waals surface area contributed by atoms with Crippen molar-refractivity contribution in [2.45, 2.75) is 23.8 Å². The van der Waals surface area contributed by atoms with Crippen LogP contribution in [0.5, 0.6) is 0 Å². The fourth-order valence-electron chi connectivity index (χ4n) is 2.18. The molecule has 2 aromatic carbocycles. The third kappa shape index (κ3) is 4.05. The highest BCUT2D eigenvalue weighted by atomic mass is 32.2. The number of carboxylic acid groups (broad SMARTS) is 2. The Labute approximate surface area is 132 Å². The molecule has 0 aliphatic rings. The molecule has 1 unspecified atom stereocenters. The second-order valence-electron chi connectivity index (χ2n) is 4.92. The maximum atomic E-state index is 12.5. The van der Waals surface area contributed by atoms with Crippen molar-refractivity contribution in [3.8, 4) is 0 Å². The molecule has 3 N–H and O–H groups in total. The number of benzene rings is 2. The predicted octanol–water partition coefficient (Wildman–Crippen LogP) is 1.44. The van der Waals surface area contributed by atoms with Crippen molar-refractivity contribution in [3.63, 3.8) is 0 Å². The van der Waals surface area contributed by atoms with Crippen LogP contribution in [0.2, 0.25) is 0 Å². The number of rotatable bonds is 7. The van der Waals surface area contributed by atoms with Crippen molar-refractivity contribution in [2.75, 3.05) is 0 Å². The highest BCUT2D eigenvalue weighted by Gasteiger charge is 2.26. The Kier molecular flexibility index (Phi) is 4.97. The molecule has 7 nitrogen and oxygen atoms in total. The van der Waals surface area contributed by atoms with Crippen LogP contribution < -0.4 is 4.72 Å². The van der Waals surface area contributed by atoms with Crippen LogP contribution >= 0.6 is 0 Å². The first kappa shape index (κ1) is 16.9. The summed E-state index contributed by atoms with van der Waals surface area (Å²) in [6.45, 7) is 0. The number of carbonyl (C=O) groups is 2. The molecule has 0 aliphatic carbocycles. The molecule has 0 fully saturated rings. The molecule has 0 aliphatic heterocycles. The van der Waals surface area contributed by atoms with E-state index >= 15 is 0 Å².